The van der Waals surface area contributed by atoms with Crippen LogP contribution in [0.5, 0.6) is 0 Å². The first-order valence-corrected chi connectivity index (χ1v) is 7.07. The zero-order valence-corrected chi connectivity index (χ0v) is 10.5. The molecule has 0 aromatic heterocycles. The highest BCUT2D eigenvalue weighted by Gasteiger charge is 2.43. The van der Waals surface area contributed by atoms with E-state index in [0.29, 0.717) is 18.6 Å². The van der Waals surface area contributed by atoms with E-state index in [4.69, 9.17) is 0 Å². The molecule has 1 saturated heterocycles. The molecule has 1 heterocycles. The lowest BCUT2D eigenvalue weighted by Crippen LogP contribution is -2.55. The number of allylic oxidation sites excluding steroid dienone is 2. The summed E-state index contributed by atoms with van der Waals surface area (Å²) in [5.74, 6) is 0.531. The van der Waals surface area contributed by atoms with Gasteiger partial charge in [0.25, 0.3) is 0 Å². The second kappa shape index (κ2) is 5.12. The molecule has 0 bridgehead atoms. The van der Waals surface area contributed by atoms with E-state index in [1.165, 1.54) is 0 Å². The summed E-state index contributed by atoms with van der Waals surface area (Å²) in [7, 11) is 0. The van der Waals surface area contributed by atoms with E-state index in [1.807, 2.05) is 0 Å². The van der Waals surface area contributed by atoms with E-state index in [-0.39, 0.29) is 11.8 Å². The van der Waals surface area contributed by atoms with Crippen LogP contribution in [0.4, 0.5) is 0 Å². The van der Waals surface area contributed by atoms with Gasteiger partial charge in [0.15, 0.2) is 0 Å². The van der Waals surface area contributed by atoms with Gasteiger partial charge in [-0.25, -0.2) is 4.79 Å². The third kappa shape index (κ3) is 2.83. The third-order valence-electron chi connectivity index (χ3n) is 3.37. The van der Waals surface area contributed by atoms with Crippen LogP contribution in [0.3, 0.4) is 0 Å². The molecule has 0 radical (unpaired) electrons. The molecule has 0 aromatic carbocycles. The molecule has 2 N–H and O–H groups in total. The van der Waals surface area contributed by atoms with Crippen molar-refractivity contribution in [2.45, 2.75) is 31.2 Å². The van der Waals surface area contributed by atoms with Gasteiger partial charge in [-0.3, -0.25) is 4.79 Å². The molecule has 1 amide bonds. The highest BCUT2D eigenvalue weighted by atomic mass is 32.2. The van der Waals surface area contributed by atoms with E-state index in [9.17, 15) is 14.7 Å². The zero-order chi connectivity index (χ0) is 12.3. The summed E-state index contributed by atoms with van der Waals surface area (Å²) in [6.45, 7) is 0. The molecule has 0 saturated carbocycles. The van der Waals surface area contributed by atoms with Crippen LogP contribution < -0.4 is 5.32 Å². The summed E-state index contributed by atoms with van der Waals surface area (Å²) in [5.41, 5.74) is -1.02. The topological polar surface area (TPSA) is 66.4 Å². The van der Waals surface area contributed by atoms with Crippen LogP contribution in [0.15, 0.2) is 12.2 Å². The highest BCUT2D eigenvalue weighted by Crippen LogP contribution is 2.29. The molecular formula is C12H17NO3S. The lowest BCUT2D eigenvalue weighted by atomic mass is 9.97. The van der Waals surface area contributed by atoms with Crippen molar-refractivity contribution in [3.8, 4) is 0 Å². The van der Waals surface area contributed by atoms with E-state index in [1.54, 1.807) is 11.8 Å². The van der Waals surface area contributed by atoms with Gasteiger partial charge >= 0.3 is 5.97 Å². The van der Waals surface area contributed by atoms with Gasteiger partial charge in [-0.2, -0.15) is 11.8 Å². The normalized spacial score (nSPS) is 31.6. The third-order valence-corrected chi connectivity index (χ3v) is 4.56. The van der Waals surface area contributed by atoms with E-state index in [2.05, 4.69) is 17.5 Å². The number of hydrogen-bond acceptors (Lipinski definition) is 3. The molecule has 2 rings (SSSR count). The van der Waals surface area contributed by atoms with Crippen LogP contribution in [0.1, 0.15) is 25.7 Å². The lowest BCUT2D eigenvalue weighted by Gasteiger charge is -2.25. The van der Waals surface area contributed by atoms with E-state index < -0.39 is 11.5 Å². The zero-order valence-electron chi connectivity index (χ0n) is 9.65. The molecule has 1 aliphatic heterocycles. The van der Waals surface area contributed by atoms with Gasteiger partial charge in [-0.15, -0.1) is 0 Å². The highest BCUT2D eigenvalue weighted by molar-refractivity contribution is 7.99. The number of aliphatic carboxylic acids is 1. The smallest absolute Gasteiger partial charge is 0.330 e. The fraction of sp³-hybridized carbons (Fsp3) is 0.667. The minimum absolute atomic E-state index is 0.133. The van der Waals surface area contributed by atoms with Gasteiger partial charge in [0.05, 0.1) is 0 Å². The maximum atomic E-state index is 11.8. The Morgan fingerprint density at radius 3 is 2.88 bits per heavy atom. The minimum Gasteiger partial charge on any atom is -0.479 e. The number of carboxylic acids is 1. The van der Waals surface area contributed by atoms with Crippen molar-refractivity contribution >= 4 is 23.6 Å². The summed E-state index contributed by atoms with van der Waals surface area (Å²) in [5, 5.41) is 12.0. The predicted molar refractivity (Wildman–Crippen MR) is 66.9 cm³/mol. The number of amides is 1. The molecule has 1 aliphatic carbocycles. The summed E-state index contributed by atoms with van der Waals surface area (Å²) < 4.78 is 0. The second-order valence-electron chi connectivity index (χ2n) is 4.71. The molecule has 0 spiro atoms. The average Bonchev–Trinajstić information content (AvgIpc) is 2.89. The van der Waals surface area contributed by atoms with Crippen LogP contribution in [-0.2, 0) is 9.59 Å². The Balaban J connectivity index is 1.91. The second-order valence-corrected chi connectivity index (χ2v) is 5.81. The van der Waals surface area contributed by atoms with Crippen molar-refractivity contribution in [2.24, 2.45) is 5.92 Å². The van der Waals surface area contributed by atoms with Crippen molar-refractivity contribution in [3.05, 3.63) is 12.2 Å². The minimum atomic E-state index is -1.02. The van der Waals surface area contributed by atoms with Crippen molar-refractivity contribution in [1.29, 1.82) is 0 Å². The molecular weight excluding hydrogens is 238 g/mol. The lowest BCUT2D eigenvalue weighted by molar-refractivity contribution is -0.146. The Bertz CT molecular complexity index is 348. The molecule has 2 atom stereocenters. The van der Waals surface area contributed by atoms with Gasteiger partial charge in [0.1, 0.15) is 5.54 Å². The molecule has 5 heteroatoms. The molecule has 2 aliphatic rings. The fourth-order valence-corrected chi connectivity index (χ4v) is 3.63. The maximum Gasteiger partial charge on any atom is 0.330 e. The first kappa shape index (κ1) is 12.5. The maximum absolute atomic E-state index is 11.8. The molecule has 0 aromatic rings. The largest absolute Gasteiger partial charge is 0.479 e. The van der Waals surface area contributed by atoms with Crippen molar-refractivity contribution in [3.63, 3.8) is 0 Å². The molecule has 4 nitrogen and oxygen atoms in total. The Kier molecular flexibility index (Phi) is 3.76. The first-order valence-electron chi connectivity index (χ1n) is 5.91. The van der Waals surface area contributed by atoms with Gasteiger partial charge in [0, 0.05) is 12.2 Å². The predicted octanol–water partition coefficient (Wildman–Crippen LogP) is 1.42. The van der Waals surface area contributed by atoms with Gasteiger partial charge in [-0.05, 0) is 30.9 Å². The number of carbonyl (C=O) groups excluding carboxylic acids is 1. The van der Waals surface area contributed by atoms with Crippen LogP contribution in [0.25, 0.3) is 0 Å². The van der Waals surface area contributed by atoms with Crippen LogP contribution >= 0.6 is 11.8 Å². The van der Waals surface area contributed by atoms with Gasteiger partial charge in [-0.1, -0.05) is 12.2 Å². The molecule has 1 fully saturated rings. The number of nitrogens with one attached hydrogen (secondary N) is 1. The number of rotatable bonds is 4. The van der Waals surface area contributed by atoms with Gasteiger partial charge in [0.2, 0.25) is 5.91 Å². The first-order chi connectivity index (χ1) is 8.12. The Labute approximate surface area is 105 Å². The van der Waals surface area contributed by atoms with Gasteiger partial charge < -0.3 is 10.4 Å². The van der Waals surface area contributed by atoms with Crippen molar-refractivity contribution in [2.75, 3.05) is 11.5 Å². The molecule has 17 heavy (non-hydrogen) atoms. The Morgan fingerprint density at radius 2 is 2.35 bits per heavy atom. The summed E-state index contributed by atoms with van der Waals surface area (Å²) in [6, 6.07) is 0. The number of carbonyl (C=O) groups is 2. The van der Waals surface area contributed by atoms with Crippen LogP contribution in [0.2, 0.25) is 0 Å². The molecule has 94 valence electrons. The Morgan fingerprint density at radius 1 is 1.53 bits per heavy atom. The monoisotopic (exact) mass is 255 g/mol. The molecule has 0 unspecified atom stereocenters. The van der Waals surface area contributed by atoms with E-state index in [0.717, 1.165) is 18.6 Å². The fourth-order valence-electron chi connectivity index (χ4n) is 2.31. The summed E-state index contributed by atoms with van der Waals surface area (Å²) in [4.78, 5) is 23.1. The Hall–Kier alpha value is -0.970. The van der Waals surface area contributed by atoms with Crippen molar-refractivity contribution < 1.29 is 14.7 Å². The van der Waals surface area contributed by atoms with E-state index >= 15 is 0 Å². The standard InChI is InChI=1S/C12H17NO3S/c14-10(7-9-3-1-2-4-9)13-12(11(15)16)5-6-17-8-12/h1,3,9H,2,4-8H2,(H,13,14)(H,15,16)/t9-,12+/m1/s1. The quantitative estimate of drug-likeness (QED) is 0.746. The number of thioether (sulfide) groups is 1. The summed E-state index contributed by atoms with van der Waals surface area (Å²) >= 11 is 1.58. The van der Waals surface area contributed by atoms with Crippen LogP contribution in [-0.4, -0.2) is 34.0 Å². The number of hydrogen-bond donors (Lipinski definition) is 2. The van der Waals surface area contributed by atoms with Crippen LogP contribution in [0, 0.1) is 5.92 Å². The van der Waals surface area contributed by atoms with Crippen molar-refractivity contribution in [1.82, 2.24) is 5.32 Å². The SMILES string of the molecule is O=C(C[C@@H]1C=CCC1)N[C@@]1(C(=O)O)CCSC1. The summed E-state index contributed by atoms with van der Waals surface area (Å²) in [6.07, 6.45) is 7.10. The number of carboxylic acid groups (broad SMARTS) is 1. The average molecular weight is 255 g/mol.